The summed E-state index contributed by atoms with van der Waals surface area (Å²) in [6, 6.07) is 5.87. The Morgan fingerprint density at radius 1 is 1.43 bits per heavy atom. The Hall–Kier alpha value is -1.36. The molecule has 1 atom stereocenters. The van der Waals surface area contributed by atoms with Crippen molar-refractivity contribution in [1.29, 1.82) is 0 Å². The summed E-state index contributed by atoms with van der Waals surface area (Å²) in [5.74, 6) is 0. The molecule has 1 amide bonds. The number of carbonyl (C=O) groups is 1. The van der Waals surface area contributed by atoms with Gasteiger partial charge in [-0.25, -0.2) is 9.78 Å². The van der Waals surface area contributed by atoms with Gasteiger partial charge in [0.25, 0.3) is 0 Å². The summed E-state index contributed by atoms with van der Waals surface area (Å²) >= 11 is 3.39. The van der Waals surface area contributed by atoms with Gasteiger partial charge in [-0.05, 0) is 67.8 Å². The lowest BCUT2D eigenvalue weighted by Crippen LogP contribution is -2.43. The third-order valence-electron chi connectivity index (χ3n) is 3.23. The fourth-order valence-corrected chi connectivity index (χ4v) is 2.63. The number of nitrogens with zero attached hydrogens (tertiary/aromatic N) is 2. The van der Waals surface area contributed by atoms with Crippen molar-refractivity contribution in [2.24, 2.45) is 0 Å². The van der Waals surface area contributed by atoms with Gasteiger partial charge in [-0.3, -0.25) is 0 Å². The standard InChI is InChI=1S/C16H21BrN2O2/c1-11-10-12(13-6-5-7-14(17)18-13)8-9-19(11)15(20)21-16(2,3)4/h5-7,10-11H,8-9H2,1-4H3. The van der Waals surface area contributed by atoms with Gasteiger partial charge >= 0.3 is 6.09 Å². The average molecular weight is 353 g/mol. The fraction of sp³-hybridized carbons (Fsp3) is 0.500. The van der Waals surface area contributed by atoms with Crippen molar-refractivity contribution < 1.29 is 9.53 Å². The Balaban J connectivity index is 2.12. The minimum atomic E-state index is -0.466. The molecule has 0 fully saturated rings. The van der Waals surface area contributed by atoms with E-state index in [1.807, 2.05) is 45.9 Å². The molecule has 1 aliphatic heterocycles. The van der Waals surface area contributed by atoms with Crippen LogP contribution in [0, 0.1) is 0 Å². The van der Waals surface area contributed by atoms with Gasteiger partial charge in [-0.15, -0.1) is 0 Å². The smallest absolute Gasteiger partial charge is 0.410 e. The second-order valence-corrected chi connectivity index (χ2v) is 7.01. The first kappa shape index (κ1) is 16.0. The predicted molar refractivity (Wildman–Crippen MR) is 86.9 cm³/mol. The van der Waals surface area contributed by atoms with Crippen LogP contribution in [0.1, 0.15) is 39.8 Å². The Labute approximate surface area is 134 Å². The number of pyridine rings is 1. The molecule has 0 aromatic carbocycles. The maximum atomic E-state index is 12.2. The van der Waals surface area contributed by atoms with Gasteiger partial charge in [0, 0.05) is 6.54 Å². The topological polar surface area (TPSA) is 42.4 Å². The second kappa shape index (κ2) is 6.18. The predicted octanol–water partition coefficient (Wildman–Crippen LogP) is 4.26. The Bertz CT molecular complexity index is 564. The van der Waals surface area contributed by atoms with Crippen molar-refractivity contribution in [3.63, 3.8) is 0 Å². The van der Waals surface area contributed by atoms with Crippen LogP contribution in [0.5, 0.6) is 0 Å². The molecular formula is C16H21BrN2O2. The first-order valence-corrected chi connectivity index (χ1v) is 7.89. The Morgan fingerprint density at radius 2 is 2.14 bits per heavy atom. The third kappa shape index (κ3) is 4.30. The lowest BCUT2D eigenvalue weighted by molar-refractivity contribution is 0.0209. The number of hydrogen-bond donors (Lipinski definition) is 0. The molecule has 4 nitrogen and oxygen atoms in total. The molecule has 1 aromatic rings. The fourth-order valence-electron chi connectivity index (χ4n) is 2.29. The summed E-state index contributed by atoms with van der Waals surface area (Å²) in [6.45, 7) is 8.29. The molecule has 21 heavy (non-hydrogen) atoms. The summed E-state index contributed by atoms with van der Waals surface area (Å²) in [5, 5.41) is 0. The van der Waals surface area contributed by atoms with Crippen molar-refractivity contribution in [3.05, 3.63) is 34.6 Å². The molecule has 0 N–H and O–H groups in total. The van der Waals surface area contributed by atoms with Crippen LogP contribution in [0.25, 0.3) is 5.57 Å². The van der Waals surface area contributed by atoms with Crippen molar-refractivity contribution in [2.75, 3.05) is 6.54 Å². The summed E-state index contributed by atoms with van der Waals surface area (Å²) in [6.07, 6.45) is 2.61. The van der Waals surface area contributed by atoms with E-state index in [4.69, 9.17) is 4.74 Å². The number of aromatic nitrogens is 1. The Morgan fingerprint density at radius 3 is 2.71 bits per heavy atom. The van der Waals surface area contributed by atoms with Crippen LogP contribution >= 0.6 is 15.9 Å². The maximum absolute atomic E-state index is 12.2. The number of rotatable bonds is 1. The largest absolute Gasteiger partial charge is 0.444 e. The highest BCUT2D eigenvalue weighted by atomic mass is 79.9. The van der Waals surface area contributed by atoms with Gasteiger partial charge in [0.1, 0.15) is 10.2 Å². The number of ether oxygens (including phenoxy) is 1. The normalized spacial score (nSPS) is 19.2. The van der Waals surface area contributed by atoms with E-state index in [-0.39, 0.29) is 12.1 Å². The highest BCUT2D eigenvalue weighted by molar-refractivity contribution is 9.10. The lowest BCUT2D eigenvalue weighted by atomic mass is 10.0. The number of halogens is 1. The molecule has 0 bridgehead atoms. The van der Waals surface area contributed by atoms with Crippen LogP contribution in [0.4, 0.5) is 4.79 Å². The van der Waals surface area contributed by atoms with E-state index in [0.29, 0.717) is 6.54 Å². The van der Waals surface area contributed by atoms with Crippen LogP contribution in [0.3, 0.4) is 0 Å². The minimum absolute atomic E-state index is 0.00406. The van der Waals surface area contributed by atoms with E-state index in [1.54, 1.807) is 4.90 Å². The highest BCUT2D eigenvalue weighted by Crippen LogP contribution is 2.26. The van der Waals surface area contributed by atoms with Crippen molar-refractivity contribution in [3.8, 4) is 0 Å². The average Bonchev–Trinajstić information content (AvgIpc) is 2.36. The molecule has 0 spiro atoms. The van der Waals surface area contributed by atoms with Gasteiger partial charge in [0.05, 0.1) is 11.7 Å². The molecule has 0 radical (unpaired) electrons. The number of hydrogen-bond acceptors (Lipinski definition) is 3. The first-order valence-electron chi connectivity index (χ1n) is 7.09. The van der Waals surface area contributed by atoms with Gasteiger partial charge in [0.2, 0.25) is 0 Å². The molecule has 114 valence electrons. The SMILES string of the molecule is CC1C=C(c2cccc(Br)n2)CCN1C(=O)OC(C)(C)C. The minimum Gasteiger partial charge on any atom is -0.444 e. The van der Waals surface area contributed by atoms with Gasteiger partial charge in [-0.1, -0.05) is 12.1 Å². The van der Waals surface area contributed by atoms with E-state index >= 15 is 0 Å². The molecule has 2 rings (SSSR count). The van der Waals surface area contributed by atoms with Crippen molar-refractivity contribution in [2.45, 2.75) is 45.8 Å². The monoisotopic (exact) mass is 352 g/mol. The summed E-state index contributed by atoms with van der Waals surface area (Å²) in [4.78, 5) is 18.4. The zero-order valence-corrected chi connectivity index (χ0v) is 14.5. The summed E-state index contributed by atoms with van der Waals surface area (Å²) < 4.78 is 6.26. The van der Waals surface area contributed by atoms with Crippen LogP contribution in [0.2, 0.25) is 0 Å². The van der Waals surface area contributed by atoms with Crippen molar-refractivity contribution in [1.82, 2.24) is 9.88 Å². The molecule has 5 heteroatoms. The third-order valence-corrected chi connectivity index (χ3v) is 3.67. The van der Waals surface area contributed by atoms with Crippen LogP contribution in [-0.4, -0.2) is 34.2 Å². The molecule has 2 heterocycles. The zero-order chi connectivity index (χ0) is 15.6. The molecule has 1 aliphatic rings. The summed E-state index contributed by atoms with van der Waals surface area (Å²) in [7, 11) is 0. The molecule has 0 aliphatic carbocycles. The highest BCUT2D eigenvalue weighted by Gasteiger charge is 2.28. The number of carbonyl (C=O) groups excluding carboxylic acids is 1. The van der Waals surface area contributed by atoms with Gasteiger partial charge < -0.3 is 9.64 Å². The summed E-state index contributed by atoms with van der Waals surface area (Å²) in [5.41, 5.74) is 1.66. The quantitative estimate of drug-likeness (QED) is 0.709. The van der Waals surface area contributed by atoms with Gasteiger partial charge in [-0.2, -0.15) is 0 Å². The van der Waals surface area contributed by atoms with E-state index in [1.165, 1.54) is 5.57 Å². The zero-order valence-electron chi connectivity index (χ0n) is 12.9. The molecular weight excluding hydrogens is 332 g/mol. The van der Waals surface area contributed by atoms with Crippen LogP contribution < -0.4 is 0 Å². The first-order chi connectivity index (χ1) is 9.76. The van der Waals surface area contributed by atoms with Crippen molar-refractivity contribution >= 4 is 27.6 Å². The molecule has 0 saturated carbocycles. The Kier molecular flexibility index (Phi) is 4.71. The van der Waals surface area contributed by atoms with E-state index < -0.39 is 5.60 Å². The van der Waals surface area contributed by atoms with E-state index in [0.717, 1.165) is 16.7 Å². The van der Waals surface area contributed by atoms with E-state index in [9.17, 15) is 4.79 Å². The lowest BCUT2D eigenvalue weighted by Gasteiger charge is -2.33. The molecule has 1 unspecified atom stereocenters. The van der Waals surface area contributed by atoms with Gasteiger partial charge in [0.15, 0.2) is 0 Å². The second-order valence-electron chi connectivity index (χ2n) is 6.20. The number of amides is 1. The van der Waals surface area contributed by atoms with Crippen LogP contribution in [-0.2, 0) is 4.74 Å². The molecule has 1 aromatic heterocycles. The maximum Gasteiger partial charge on any atom is 0.410 e. The van der Waals surface area contributed by atoms with Crippen LogP contribution in [0.15, 0.2) is 28.9 Å². The molecule has 0 saturated heterocycles. The van der Waals surface area contributed by atoms with E-state index in [2.05, 4.69) is 27.0 Å².